The van der Waals surface area contributed by atoms with Crippen molar-refractivity contribution in [2.45, 2.75) is 18.9 Å². The highest BCUT2D eigenvalue weighted by molar-refractivity contribution is 7.99. The maximum absolute atomic E-state index is 11.7. The van der Waals surface area contributed by atoms with Crippen LogP contribution in [0.4, 0.5) is 4.79 Å². The first-order chi connectivity index (χ1) is 8.11. The maximum atomic E-state index is 11.7. The second-order valence-electron chi connectivity index (χ2n) is 3.83. The molecule has 1 heterocycles. The fourth-order valence-corrected chi connectivity index (χ4v) is 2.39. The number of hydrogen-bond acceptors (Lipinski definition) is 4. The molecule has 98 valence electrons. The van der Waals surface area contributed by atoms with E-state index in [1.54, 1.807) is 4.90 Å². The van der Waals surface area contributed by atoms with Gasteiger partial charge in [-0.05, 0) is 12.2 Å². The molecule has 1 aliphatic heterocycles. The number of carbonyl (C=O) groups excluding carboxylic acids is 1. The average Bonchev–Trinajstić information content (AvgIpc) is 2.57. The van der Waals surface area contributed by atoms with Crippen LogP contribution in [0.5, 0.6) is 0 Å². The molecule has 0 bridgehead atoms. The second kappa shape index (κ2) is 7.39. The van der Waals surface area contributed by atoms with Gasteiger partial charge in [-0.25, -0.2) is 9.59 Å². The molecular weight excluding hydrogens is 244 g/mol. The van der Waals surface area contributed by atoms with Gasteiger partial charge in [0.2, 0.25) is 0 Å². The first-order valence-electron chi connectivity index (χ1n) is 5.62. The number of amides is 2. The van der Waals surface area contributed by atoms with E-state index in [9.17, 15) is 9.59 Å². The summed E-state index contributed by atoms with van der Waals surface area (Å²) in [5.74, 6) is 0.748. The minimum absolute atomic E-state index is 0.0314. The number of aliphatic hydroxyl groups is 1. The second-order valence-corrected chi connectivity index (χ2v) is 5.05. The number of urea groups is 1. The van der Waals surface area contributed by atoms with Gasteiger partial charge in [0.15, 0.2) is 6.10 Å². The van der Waals surface area contributed by atoms with Crippen molar-refractivity contribution in [2.75, 3.05) is 31.1 Å². The summed E-state index contributed by atoms with van der Waals surface area (Å²) in [6.45, 7) is 1.63. The molecule has 0 aliphatic carbocycles. The van der Waals surface area contributed by atoms with Crippen molar-refractivity contribution in [1.29, 1.82) is 0 Å². The van der Waals surface area contributed by atoms with Gasteiger partial charge in [-0.2, -0.15) is 11.8 Å². The lowest BCUT2D eigenvalue weighted by Crippen LogP contribution is -2.42. The molecule has 0 aromatic carbocycles. The lowest BCUT2D eigenvalue weighted by molar-refractivity contribution is -0.146. The summed E-state index contributed by atoms with van der Waals surface area (Å²) in [6.07, 6.45) is -0.394. The molecule has 0 saturated carbocycles. The van der Waals surface area contributed by atoms with Crippen molar-refractivity contribution in [3.63, 3.8) is 0 Å². The molecule has 1 aliphatic rings. The van der Waals surface area contributed by atoms with E-state index in [1.165, 1.54) is 0 Å². The molecule has 1 fully saturated rings. The van der Waals surface area contributed by atoms with E-state index in [-0.39, 0.29) is 19.0 Å². The molecule has 1 rings (SSSR count). The van der Waals surface area contributed by atoms with E-state index in [0.29, 0.717) is 0 Å². The third-order valence-corrected chi connectivity index (χ3v) is 3.54. The molecule has 6 nitrogen and oxygen atoms in total. The summed E-state index contributed by atoms with van der Waals surface area (Å²) in [7, 11) is 0. The predicted octanol–water partition coefficient (Wildman–Crippen LogP) is -0.0295. The number of nitrogens with zero attached hydrogens (tertiary/aromatic N) is 1. The van der Waals surface area contributed by atoms with Crippen LogP contribution >= 0.6 is 11.8 Å². The normalized spacial score (nSPS) is 18.3. The predicted molar refractivity (Wildman–Crippen MR) is 65.2 cm³/mol. The molecule has 7 heteroatoms. The van der Waals surface area contributed by atoms with E-state index in [0.717, 1.165) is 31.0 Å². The van der Waals surface area contributed by atoms with Gasteiger partial charge in [0, 0.05) is 31.8 Å². The Kier molecular flexibility index (Phi) is 6.13. The van der Waals surface area contributed by atoms with Crippen LogP contribution in [0.2, 0.25) is 0 Å². The molecular formula is C10H18N2O4S. The quantitative estimate of drug-likeness (QED) is 0.662. The number of carboxylic acids is 1. The first kappa shape index (κ1) is 14.1. The number of nitrogens with one attached hydrogen (secondary N) is 1. The molecule has 2 amide bonds. The van der Waals surface area contributed by atoms with E-state index in [1.807, 2.05) is 11.8 Å². The van der Waals surface area contributed by atoms with Gasteiger partial charge in [-0.15, -0.1) is 0 Å². The Labute approximate surface area is 104 Å². The zero-order chi connectivity index (χ0) is 12.7. The Morgan fingerprint density at radius 1 is 1.35 bits per heavy atom. The summed E-state index contributed by atoms with van der Waals surface area (Å²) >= 11 is 1.83. The van der Waals surface area contributed by atoms with Crippen LogP contribution in [0.3, 0.4) is 0 Å². The van der Waals surface area contributed by atoms with Crippen molar-refractivity contribution in [1.82, 2.24) is 10.2 Å². The Hall–Kier alpha value is -0.950. The topological polar surface area (TPSA) is 89.9 Å². The Morgan fingerprint density at radius 2 is 2.12 bits per heavy atom. The maximum Gasteiger partial charge on any atom is 0.332 e. The van der Waals surface area contributed by atoms with Gasteiger partial charge in [0.05, 0.1) is 0 Å². The Bertz CT molecular complexity index is 267. The molecule has 3 N–H and O–H groups in total. The number of rotatable bonds is 4. The van der Waals surface area contributed by atoms with Gasteiger partial charge >= 0.3 is 12.0 Å². The third-order valence-electron chi connectivity index (χ3n) is 2.49. The monoisotopic (exact) mass is 262 g/mol. The van der Waals surface area contributed by atoms with Crippen molar-refractivity contribution < 1.29 is 19.8 Å². The molecule has 1 atom stereocenters. The highest BCUT2D eigenvalue weighted by Gasteiger charge is 2.17. The molecule has 0 spiro atoms. The summed E-state index contributed by atoms with van der Waals surface area (Å²) in [5.41, 5.74) is 0. The summed E-state index contributed by atoms with van der Waals surface area (Å²) in [6, 6.07) is -0.176. The number of aliphatic carboxylic acids is 1. The van der Waals surface area contributed by atoms with Crippen LogP contribution in [-0.2, 0) is 4.79 Å². The van der Waals surface area contributed by atoms with Crippen LogP contribution in [0.1, 0.15) is 12.8 Å². The van der Waals surface area contributed by atoms with Crippen LogP contribution in [0.25, 0.3) is 0 Å². The lowest BCUT2D eigenvalue weighted by Gasteiger charge is -2.20. The fraction of sp³-hybridized carbons (Fsp3) is 0.800. The third kappa shape index (κ3) is 5.27. The highest BCUT2D eigenvalue weighted by Crippen LogP contribution is 2.09. The van der Waals surface area contributed by atoms with E-state index < -0.39 is 12.1 Å². The van der Waals surface area contributed by atoms with E-state index >= 15 is 0 Å². The molecule has 0 radical (unpaired) electrons. The zero-order valence-corrected chi connectivity index (χ0v) is 10.4. The van der Waals surface area contributed by atoms with Gasteiger partial charge < -0.3 is 20.4 Å². The minimum Gasteiger partial charge on any atom is -0.479 e. The van der Waals surface area contributed by atoms with Crippen LogP contribution < -0.4 is 5.32 Å². The Balaban J connectivity index is 2.21. The minimum atomic E-state index is -1.41. The molecule has 0 aromatic rings. The fourth-order valence-electron chi connectivity index (χ4n) is 1.50. The summed E-state index contributed by atoms with van der Waals surface area (Å²) in [5, 5.41) is 20.1. The van der Waals surface area contributed by atoms with Gasteiger partial charge in [-0.1, -0.05) is 0 Å². The van der Waals surface area contributed by atoms with Gasteiger partial charge in [-0.3, -0.25) is 0 Å². The summed E-state index contributed by atoms with van der Waals surface area (Å²) < 4.78 is 0. The van der Waals surface area contributed by atoms with Crippen molar-refractivity contribution >= 4 is 23.8 Å². The SMILES string of the molecule is O=C(O)[C@@H](O)CCNC(=O)N1CCCSCC1. The molecule has 17 heavy (non-hydrogen) atoms. The van der Waals surface area contributed by atoms with Crippen LogP contribution in [0, 0.1) is 0 Å². The first-order valence-corrected chi connectivity index (χ1v) is 6.78. The average molecular weight is 262 g/mol. The van der Waals surface area contributed by atoms with Crippen LogP contribution in [-0.4, -0.2) is 64.4 Å². The number of carbonyl (C=O) groups is 2. The van der Waals surface area contributed by atoms with Gasteiger partial charge in [0.1, 0.15) is 0 Å². The van der Waals surface area contributed by atoms with Crippen LogP contribution in [0.15, 0.2) is 0 Å². The molecule has 0 unspecified atom stereocenters. The molecule has 0 aromatic heterocycles. The number of aliphatic hydroxyl groups excluding tert-OH is 1. The number of thioether (sulfide) groups is 1. The summed E-state index contributed by atoms with van der Waals surface area (Å²) in [4.78, 5) is 23.8. The Morgan fingerprint density at radius 3 is 2.82 bits per heavy atom. The standard InChI is InChI=1S/C10H18N2O4S/c13-8(9(14)15)2-3-11-10(16)12-4-1-6-17-7-5-12/h8,13H,1-7H2,(H,11,16)(H,14,15)/t8-/m0/s1. The van der Waals surface area contributed by atoms with Crippen molar-refractivity contribution in [3.8, 4) is 0 Å². The van der Waals surface area contributed by atoms with Crippen molar-refractivity contribution in [2.24, 2.45) is 0 Å². The number of hydrogen-bond donors (Lipinski definition) is 3. The molecule has 1 saturated heterocycles. The lowest BCUT2D eigenvalue weighted by atomic mass is 10.2. The van der Waals surface area contributed by atoms with E-state index in [2.05, 4.69) is 5.32 Å². The smallest absolute Gasteiger partial charge is 0.332 e. The van der Waals surface area contributed by atoms with E-state index in [4.69, 9.17) is 10.2 Å². The largest absolute Gasteiger partial charge is 0.479 e. The number of carboxylic acid groups (broad SMARTS) is 1. The zero-order valence-electron chi connectivity index (χ0n) is 9.59. The van der Waals surface area contributed by atoms with Crippen molar-refractivity contribution in [3.05, 3.63) is 0 Å². The van der Waals surface area contributed by atoms with Gasteiger partial charge in [0.25, 0.3) is 0 Å². The highest BCUT2D eigenvalue weighted by atomic mass is 32.2.